The number of anilines is 1. The third-order valence-electron chi connectivity index (χ3n) is 4.72. The highest BCUT2D eigenvalue weighted by molar-refractivity contribution is 7.81. The number of hydrogen-bond acceptors (Lipinski definition) is 4. The summed E-state index contributed by atoms with van der Waals surface area (Å²) in [5, 5.41) is 1.32. The van der Waals surface area contributed by atoms with Gasteiger partial charge < -0.3 is 4.90 Å². The number of fused-ring (bicyclic) bond motifs is 1. The van der Waals surface area contributed by atoms with E-state index in [0.29, 0.717) is 5.92 Å². The van der Waals surface area contributed by atoms with Gasteiger partial charge in [0.05, 0.1) is 16.5 Å². The quantitative estimate of drug-likeness (QED) is 0.745. The minimum atomic E-state index is -0.949. The van der Waals surface area contributed by atoms with Crippen LogP contribution in [0.15, 0.2) is 24.3 Å². The van der Waals surface area contributed by atoms with Gasteiger partial charge >= 0.3 is 0 Å². The van der Waals surface area contributed by atoms with Crippen LogP contribution in [0.3, 0.4) is 0 Å². The van der Waals surface area contributed by atoms with Gasteiger partial charge in [-0.2, -0.15) is 4.98 Å². The van der Waals surface area contributed by atoms with Gasteiger partial charge in [-0.15, -0.1) is 0 Å². The number of nitrogens with zero attached hydrogens (tertiary/aromatic N) is 4. The van der Waals surface area contributed by atoms with E-state index < -0.39 is 11.0 Å². The molecule has 0 radical (unpaired) electrons. The standard InChI is InChI=1S/C18H25ClN4OS/c1-13(2)23(25(3)24)12-14-7-6-10-22(11-14)17-15-8-4-5-9-16(15)20-18(19)21-17/h4-5,8-9,13-14H,6-7,10-12H2,1-3H3. The van der Waals surface area contributed by atoms with Crippen LogP contribution in [0.25, 0.3) is 10.9 Å². The van der Waals surface area contributed by atoms with E-state index in [9.17, 15) is 4.21 Å². The van der Waals surface area contributed by atoms with Crippen LogP contribution in [-0.4, -0.2) is 50.4 Å². The maximum absolute atomic E-state index is 12.0. The van der Waals surface area contributed by atoms with Crippen molar-refractivity contribution in [2.75, 3.05) is 30.8 Å². The monoisotopic (exact) mass is 380 g/mol. The molecule has 0 amide bonds. The van der Waals surface area contributed by atoms with Crippen molar-refractivity contribution in [2.45, 2.75) is 32.7 Å². The maximum atomic E-state index is 12.0. The van der Waals surface area contributed by atoms with Crippen molar-refractivity contribution in [1.29, 1.82) is 0 Å². The zero-order chi connectivity index (χ0) is 18.0. The molecule has 1 aromatic carbocycles. The first-order valence-electron chi connectivity index (χ1n) is 8.73. The van der Waals surface area contributed by atoms with Crippen molar-refractivity contribution in [3.8, 4) is 0 Å². The number of benzene rings is 1. The number of halogens is 1. The molecular formula is C18H25ClN4OS. The summed E-state index contributed by atoms with van der Waals surface area (Å²) in [4.78, 5) is 11.1. The molecular weight excluding hydrogens is 356 g/mol. The highest BCUT2D eigenvalue weighted by atomic mass is 35.5. The number of hydrogen-bond donors (Lipinski definition) is 0. The van der Waals surface area contributed by atoms with Crippen LogP contribution in [0.1, 0.15) is 26.7 Å². The van der Waals surface area contributed by atoms with Crippen LogP contribution < -0.4 is 4.90 Å². The van der Waals surface area contributed by atoms with Gasteiger partial charge in [-0.3, -0.25) is 0 Å². The Kier molecular flexibility index (Phi) is 5.92. The molecule has 1 aromatic heterocycles. The van der Waals surface area contributed by atoms with Crippen molar-refractivity contribution >= 4 is 39.3 Å². The molecule has 0 N–H and O–H groups in total. The molecule has 1 saturated heterocycles. The summed E-state index contributed by atoms with van der Waals surface area (Å²) in [6.45, 7) is 6.90. The summed E-state index contributed by atoms with van der Waals surface area (Å²) in [6.07, 6.45) is 4.01. The van der Waals surface area contributed by atoms with Crippen LogP contribution >= 0.6 is 11.6 Å². The molecule has 2 atom stereocenters. The molecule has 7 heteroatoms. The van der Waals surface area contributed by atoms with E-state index in [-0.39, 0.29) is 11.3 Å². The Labute approximate surface area is 157 Å². The third-order valence-corrected chi connectivity index (χ3v) is 6.12. The van der Waals surface area contributed by atoms with Gasteiger partial charge in [-0.05, 0) is 56.3 Å². The molecule has 0 aliphatic carbocycles. The summed E-state index contributed by atoms with van der Waals surface area (Å²) in [7, 11) is -0.949. The van der Waals surface area contributed by atoms with Crippen LogP contribution in [0.2, 0.25) is 5.28 Å². The number of piperidine rings is 1. The molecule has 2 unspecified atom stereocenters. The zero-order valence-electron chi connectivity index (χ0n) is 15.0. The fourth-order valence-electron chi connectivity index (χ4n) is 3.55. The Morgan fingerprint density at radius 1 is 1.36 bits per heavy atom. The molecule has 136 valence electrons. The van der Waals surface area contributed by atoms with Gasteiger partial charge in [0, 0.05) is 37.3 Å². The first-order valence-corrected chi connectivity index (χ1v) is 10.6. The van der Waals surface area contributed by atoms with E-state index in [1.165, 1.54) is 0 Å². The van der Waals surface area contributed by atoms with Gasteiger partial charge in [0.1, 0.15) is 5.82 Å². The molecule has 5 nitrogen and oxygen atoms in total. The van der Waals surface area contributed by atoms with Crippen LogP contribution in [0.4, 0.5) is 5.82 Å². The molecule has 2 aromatic rings. The summed E-state index contributed by atoms with van der Waals surface area (Å²) in [5.74, 6) is 1.38. The van der Waals surface area contributed by atoms with Crippen LogP contribution in [-0.2, 0) is 11.0 Å². The van der Waals surface area contributed by atoms with Gasteiger partial charge in [-0.25, -0.2) is 13.5 Å². The average Bonchev–Trinajstić information content (AvgIpc) is 2.58. The van der Waals surface area contributed by atoms with Gasteiger partial charge in [0.2, 0.25) is 5.28 Å². The summed E-state index contributed by atoms with van der Waals surface area (Å²) in [5.41, 5.74) is 0.873. The largest absolute Gasteiger partial charge is 0.356 e. The molecule has 0 bridgehead atoms. The van der Waals surface area contributed by atoms with Crippen LogP contribution in [0, 0.1) is 5.92 Å². The molecule has 3 rings (SSSR count). The fraction of sp³-hybridized carbons (Fsp3) is 0.556. The lowest BCUT2D eigenvalue weighted by atomic mass is 9.97. The first-order chi connectivity index (χ1) is 12.0. The van der Waals surface area contributed by atoms with Gasteiger partial charge in [0.25, 0.3) is 0 Å². The third kappa shape index (κ3) is 4.30. The summed E-state index contributed by atoms with van der Waals surface area (Å²) in [6, 6.07) is 8.26. The second-order valence-corrected chi connectivity index (χ2v) is 8.56. The van der Waals surface area contributed by atoms with E-state index in [1.807, 2.05) is 24.3 Å². The van der Waals surface area contributed by atoms with E-state index in [0.717, 1.165) is 49.2 Å². The molecule has 1 fully saturated rings. The molecule has 1 aliphatic heterocycles. The second-order valence-electron chi connectivity index (χ2n) is 6.90. The summed E-state index contributed by atoms with van der Waals surface area (Å²) < 4.78 is 14.1. The SMILES string of the molecule is CC(C)N(CC1CCCN(c2nc(Cl)nc3ccccc23)C1)S(C)=O. The van der Waals surface area contributed by atoms with Crippen molar-refractivity contribution in [2.24, 2.45) is 5.92 Å². The van der Waals surface area contributed by atoms with Crippen molar-refractivity contribution in [3.05, 3.63) is 29.5 Å². The van der Waals surface area contributed by atoms with Crippen molar-refractivity contribution in [1.82, 2.24) is 14.3 Å². The van der Waals surface area contributed by atoms with Crippen molar-refractivity contribution in [3.63, 3.8) is 0 Å². The van der Waals surface area contributed by atoms with E-state index in [4.69, 9.17) is 11.6 Å². The Balaban J connectivity index is 1.83. The topological polar surface area (TPSA) is 49.3 Å². The molecule has 2 heterocycles. The fourth-order valence-corrected chi connectivity index (χ4v) is 4.73. The number of rotatable bonds is 5. The number of aromatic nitrogens is 2. The van der Waals surface area contributed by atoms with E-state index in [2.05, 4.69) is 33.0 Å². The molecule has 1 aliphatic rings. The lowest BCUT2D eigenvalue weighted by Gasteiger charge is -2.37. The zero-order valence-corrected chi connectivity index (χ0v) is 16.6. The molecule has 0 saturated carbocycles. The minimum absolute atomic E-state index is 0.274. The van der Waals surface area contributed by atoms with E-state index >= 15 is 0 Å². The lowest BCUT2D eigenvalue weighted by molar-refractivity contribution is 0.287. The number of para-hydroxylation sites is 1. The normalized spacial score (nSPS) is 19.8. The maximum Gasteiger partial charge on any atom is 0.224 e. The van der Waals surface area contributed by atoms with Crippen molar-refractivity contribution < 1.29 is 4.21 Å². The molecule has 0 spiro atoms. The predicted molar refractivity (Wildman–Crippen MR) is 105 cm³/mol. The Hall–Kier alpha value is -1.24. The summed E-state index contributed by atoms with van der Waals surface area (Å²) >= 11 is 6.15. The van der Waals surface area contributed by atoms with Gasteiger partial charge in [0.15, 0.2) is 0 Å². The molecule has 25 heavy (non-hydrogen) atoms. The average molecular weight is 381 g/mol. The smallest absolute Gasteiger partial charge is 0.224 e. The van der Waals surface area contributed by atoms with Gasteiger partial charge in [-0.1, -0.05) is 12.1 Å². The second kappa shape index (κ2) is 7.98. The predicted octanol–water partition coefficient (Wildman–Crippen LogP) is 3.50. The van der Waals surface area contributed by atoms with Crippen LogP contribution in [0.5, 0.6) is 0 Å². The Morgan fingerprint density at radius 2 is 2.12 bits per heavy atom. The van der Waals surface area contributed by atoms with E-state index in [1.54, 1.807) is 6.26 Å². The highest BCUT2D eigenvalue weighted by Crippen LogP contribution is 2.29. The Bertz CT molecular complexity index is 770. The lowest BCUT2D eigenvalue weighted by Crippen LogP contribution is -2.43. The minimum Gasteiger partial charge on any atom is -0.356 e. The highest BCUT2D eigenvalue weighted by Gasteiger charge is 2.26. The Morgan fingerprint density at radius 3 is 2.84 bits per heavy atom. The first kappa shape index (κ1) is 18.5.